The highest BCUT2D eigenvalue weighted by Crippen LogP contribution is 2.32. The Bertz CT molecular complexity index is 1300. The Morgan fingerprint density at radius 2 is 1.02 bits per heavy atom. The monoisotopic (exact) mass is 742 g/mol. The highest BCUT2D eigenvalue weighted by molar-refractivity contribution is 7.86. The SMILES string of the molecule is CCCCCCCC/C=C\CCCCCCCC(N)=O.CCCCCCCCCc1cc2ccccc2c(S(=O)(=O)O)c1CCCCCCCCC. The van der Waals surface area contributed by atoms with Gasteiger partial charge in [-0.25, -0.2) is 0 Å². The zero-order valence-corrected chi connectivity index (χ0v) is 34.7. The first-order valence-electron chi connectivity index (χ1n) is 21.7. The van der Waals surface area contributed by atoms with Crippen molar-refractivity contribution in [3.63, 3.8) is 0 Å². The minimum absolute atomic E-state index is 0.152. The molecule has 0 aliphatic rings. The minimum atomic E-state index is -4.28. The number of hydrogen-bond acceptors (Lipinski definition) is 3. The van der Waals surface area contributed by atoms with Gasteiger partial charge >= 0.3 is 0 Å². The molecule has 0 aromatic heterocycles. The molecular formula is C46H79NO4S. The smallest absolute Gasteiger partial charge is 0.295 e. The van der Waals surface area contributed by atoms with Crippen LogP contribution in [0.2, 0.25) is 0 Å². The van der Waals surface area contributed by atoms with Gasteiger partial charge in [-0.2, -0.15) is 8.42 Å². The van der Waals surface area contributed by atoms with E-state index in [2.05, 4.69) is 39.0 Å². The Balaban J connectivity index is 0.000000583. The van der Waals surface area contributed by atoms with Crippen molar-refractivity contribution in [2.24, 2.45) is 5.73 Å². The van der Waals surface area contributed by atoms with Crippen molar-refractivity contribution in [1.82, 2.24) is 0 Å². The number of fused-ring (bicyclic) bond motifs is 1. The Kier molecular flexibility index (Phi) is 29.7. The van der Waals surface area contributed by atoms with Crippen LogP contribution in [-0.4, -0.2) is 18.9 Å². The van der Waals surface area contributed by atoms with Crippen LogP contribution in [0.5, 0.6) is 0 Å². The van der Waals surface area contributed by atoms with Crippen LogP contribution in [0.4, 0.5) is 0 Å². The van der Waals surface area contributed by atoms with Crippen LogP contribution in [0.3, 0.4) is 0 Å². The molecule has 0 fully saturated rings. The molecule has 0 radical (unpaired) electrons. The molecule has 0 aliphatic carbocycles. The summed E-state index contributed by atoms with van der Waals surface area (Å²) in [6, 6.07) is 9.73. The van der Waals surface area contributed by atoms with Crippen molar-refractivity contribution >= 4 is 26.8 Å². The molecule has 0 bridgehead atoms. The molecule has 1 amide bonds. The van der Waals surface area contributed by atoms with Crippen LogP contribution in [0, 0.1) is 0 Å². The topological polar surface area (TPSA) is 97.5 Å². The summed E-state index contributed by atoms with van der Waals surface area (Å²) in [5.74, 6) is -0.164. The maximum atomic E-state index is 12.5. The van der Waals surface area contributed by atoms with Gasteiger partial charge in [0.15, 0.2) is 0 Å². The number of rotatable bonds is 32. The van der Waals surface area contributed by atoms with Gasteiger partial charge in [0.2, 0.25) is 5.91 Å². The molecule has 52 heavy (non-hydrogen) atoms. The average Bonchev–Trinajstić information content (AvgIpc) is 3.12. The fourth-order valence-electron chi connectivity index (χ4n) is 7.11. The summed E-state index contributed by atoms with van der Waals surface area (Å²) in [6.45, 7) is 6.73. The van der Waals surface area contributed by atoms with E-state index in [1.54, 1.807) is 0 Å². The third kappa shape index (κ3) is 24.2. The molecule has 0 saturated carbocycles. The molecule has 5 nitrogen and oxygen atoms in total. The second-order valence-corrected chi connectivity index (χ2v) is 16.4. The maximum absolute atomic E-state index is 12.5. The zero-order chi connectivity index (χ0) is 38.1. The van der Waals surface area contributed by atoms with Gasteiger partial charge in [0.1, 0.15) is 4.90 Å². The second kappa shape index (κ2) is 32.3. The molecule has 2 aromatic rings. The van der Waals surface area contributed by atoms with Crippen molar-refractivity contribution in [1.29, 1.82) is 0 Å². The van der Waals surface area contributed by atoms with Crippen LogP contribution in [0.25, 0.3) is 10.8 Å². The van der Waals surface area contributed by atoms with Gasteiger partial charge in [0.25, 0.3) is 10.1 Å². The third-order valence-corrected chi connectivity index (χ3v) is 11.2. The van der Waals surface area contributed by atoms with Gasteiger partial charge in [-0.3, -0.25) is 9.35 Å². The van der Waals surface area contributed by atoms with E-state index in [-0.39, 0.29) is 10.8 Å². The molecule has 0 saturated heterocycles. The molecule has 6 heteroatoms. The lowest BCUT2D eigenvalue weighted by molar-refractivity contribution is -0.118. The van der Waals surface area contributed by atoms with Crippen molar-refractivity contribution in [2.75, 3.05) is 0 Å². The summed E-state index contributed by atoms with van der Waals surface area (Å²) in [7, 11) is -4.28. The largest absolute Gasteiger partial charge is 0.370 e. The lowest BCUT2D eigenvalue weighted by Gasteiger charge is -2.17. The van der Waals surface area contributed by atoms with E-state index in [1.807, 2.05) is 24.3 Å². The van der Waals surface area contributed by atoms with Gasteiger partial charge in [-0.05, 0) is 74.3 Å². The minimum Gasteiger partial charge on any atom is -0.370 e. The van der Waals surface area contributed by atoms with Crippen LogP contribution in [0.15, 0.2) is 47.4 Å². The number of nitrogens with two attached hydrogens (primary N) is 1. The molecular weight excluding hydrogens is 663 g/mol. The van der Waals surface area contributed by atoms with Crippen LogP contribution < -0.4 is 5.73 Å². The Morgan fingerprint density at radius 1 is 0.596 bits per heavy atom. The summed E-state index contributed by atoms with van der Waals surface area (Å²) in [4.78, 5) is 10.7. The standard InChI is InChI=1S/C28H44O3S.C18H35NO/c1-3-5-7-9-11-13-15-19-24-23-25-20-17-18-22-27(25)28(32(29,30)31)26(24)21-16-14-12-10-8-6-4-2;1-2-3-4-5-6-7-8-9-10-11-12-13-14-15-16-17-18(19)20/h17-18,20,22-23H,3-16,19,21H2,1-2H3,(H,29,30,31);9-10H,2-8,11-17H2,1H3,(H2,19,20)/b;10-9-. The van der Waals surface area contributed by atoms with E-state index >= 15 is 0 Å². The van der Waals surface area contributed by atoms with Crippen molar-refractivity contribution < 1.29 is 17.8 Å². The number of aryl methyl sites for hydroxylation is 1. The van der Waals surface area contributed by atoms with Crippen molar-refractivity contribution in [3.8, 4) is 0 Å². The summed E-state index contributed by atoms with van der Waals surface area (Å²) < 4.78 is 35.1. The summed E-state index contributed by atoms with van der Waals surface area (Å²) in [5.41, 5.74) is 7.06. The number of primary amides is 1. The molecule has 298 valence electrons. The molecule has 3 N–H and O–H groups in total. The molecule has 0 spiro atoms. The molecule has 0 unspecified atom stereocenters. The number of carbonyl (C=O) groups excluding carboxylic acids is 1. The van der Waals surface area contributed by atoms with Gasteiger partial charge in [0.05, 0.1) is 0 Å². The van der Waals surface area contributed by atoms with E-state index in [4.69, 9.17) is 5.73 Å². The van der Waals surface area contributed by atoms with Crippen molar-refractivity contribution in [2.45, 2.75) is 218 Å². The van der Waals surface area contributed by atoms with Gasteiger partial charge in [-0.15, -0.1) is 0 Å². The Labute approximate surface area is 321 Å². The Hall–Kier alpha value is -2.18. The summed E-state index contributed by atoms with van der Waals surface area (Å²) >= 11 is 0. The van der Waals surface area contributed by atoms with E-state index < -0.39 is 10.1 Å². The van der Waals surface area contributed by atoms with Crippen LogP contribution >= 0.6 is 0 Å². The quantitative estimate of drug-likeness (QED) is 0.0443. The number of carbonyl (C=O) groups is 1. The average molecular weight is 742 g/mol. The van der Waals surface area contributed by atoms with Gasteiger partial charge in [0, 0.05) is 11.8 Å². The third-order valence-electron chi connectivity index (χ3n) is 10.2. The highest BCUT2D eigenvalue weighted by atomic mass is 32.2. The molecule has 2 aromatic carbocycles. The first-order valence-corrected chi connectivity index (χ1v) is 23.1. The molecule has 2 rings (SSSR count). The lowest BCUT2D eigenvalue weighted by atomic mass is 9.93. The van der Waals surface area contributed by atoms with Gasteiger partial charge in [-0.1, -0.05) is 192 Å². The number of benzene rings is 2. The maximum Gasteiger partial charge on any atom is 0.295 e. The second-order valence-electron chi connectivity index (χ2n) is 15.1. The number of unbranched alkanes of at least 4 members (excludes halogenated alkanes) is 23. The zero-order valence-electron chi connectivity index (χ0n) is 33.9. The van der Waals surface area contributed by atoms with E-state index in [9.17, 15) is 17.8 Å². The number of hydrogen-bond donors (Lipinski definition) is 2. The normalized spacial score (nSPS) is 11.7. The van der Waals surface area contributed by atoms with E-state index in [0.29, 0.717) is 11.8 Å². The predicted molar refractivity (Wildman–Crippen MR) is 226 cm³/mol. The van der Waals surface area contributed by atoms with Crippen molar-refractivity contribution in [3.05, 3.63) is 53.6 Å². The predicted octanol–water partition coefficient (Wildman–Crippen LogP) is 14.2. The summed E-state index contributed by atoms with van der Waals surface area (Å²) in [6.07, 6.45) is 40.5. The van der Waals surface area contributed by atoms with E-state index in [1.165, 1.54) is 141 Å². The fraction of sp³-hybridized carbons (Fsp3) is 0.717. The van der Waals surface area contributed by atoms with Crippen LogP contribution in [0.1, 0.15) is 212 Å². The fourth-order valence-corrected chi connectivity index (χ4v) is 8.11. The first kappa shape index (κ1) is 47.8. The first-order chi connectivity index (χ1) is 25.3. The highest BCUT2D eigenvalue weighted by Gasteiger charge is 2.22. The Morgan fingerprint density at radius 3 is 1.50 bits per heavy atom. The molecule has 0 aliphatic heterocycles. The number of amides is 1. The van der Waals surface area contributed by atoms with E-state index in [0.717, 1.165) is 61.5 Å². The molecule has 0 heterocycles. The lowest BCUT2D eigenvalue weighted by Crippen LogP contribution is -2.09. The van der Waals surface area contributed by atoms with Crippen LogP contribution in [-0.2, 0) is 27.8 Å². The summed E-state index contributed by atoms with van der Waals surface area (Å²) in [5, 5.41) is 1.55. The van der Waals surface area contributed by atoms with Gasteiger partial charge < -0.3 is 5.73 Å². The molecule has 0 atom stereocenters. The number of allylic oxidation sites excluding steroid dienone is 2.